The van der Waals surface area contributed by atoms with E-state index in [0.717, 1.165) is 5.56 Å². The van der Waals surface area contributed by atoms with E-state index in [4.69, 9.17) is 15.2 Å². The van der Waals surface area contributed by atoms with Gasteiger partial charge in [-0.2, -0.15) is 0 Å². The summed E-state index contributed by atoms with van der Waals surface area (Å²) in [5, 5.41) is 0. The number of carbonyl (C=O) groups excluding carboxylic acids is 2. The highest BCUT2D eigenvalue weighted by Crippen LogP contribution is 2.20. The van der Waals surface area contributed by atoms with Gasteiger partial charge < -0.3 is 15.2 Å². The number of esters is 1. The molecule has 0 aliphatic carbocycles. The highest BCUT2D eigenvalue weighted by Gasteiger charge is 2.19. The van der Waals surface area contributed by atoms with Crippen LogP contribution in [0.3, 0.4) is 0 Å². The van der Waals surface area contributed by atoms with Crippen molar-refractivity contribution in [2.75, 3.05) is 0 Å². The van der Waals surface area contributed by atoms with Crippen molar-refractivity contribution in [2.24, 2.45) is 5.73 Å². The fraction of sp³-hybridized carbons (Fsp3) is 0.176. The molecule has 5 heteroatoms. The standard InChI is InChI=1S/C17H17NO4/c1-12(16(18)19)22-17(20)14-9-5-6-10-15(14)21-11-13-7-3-2-4-8-13/h2-10,12H,11H2,1H3,(H2,18,19). The number of ether oxygens (including phenoxy) is 2. The molecule has 1 unspecified atom stereocenters. The maximum Gasteiger partial charge on any atom is 0.342 e. The van der Waals surface area contributed by atoms with E-state index >= 15 is 0 Å². The lowest BCUT2D eigenvalue weighted by atomic mass is 10.2. The van der Waals surface area contributed by atoms with Crippen LogP contribution in [-0.2, 0) is 16.1 Å². The van der Waals surface area contributed by atoms with Gasteiger partial charge >= 0.3 is 5.97 Å². The van der Waals surface area contributed by atoms with Crippen LogP contribution in [0.15, 0.2) is 54.6 Å². The van der Waals surface area contributed by atoms with Crippen LogP contribution >= 0.6 is 0 Å². The fourth-order valence-electron chi connectivity index (χ4n) is 1.78. The van der Waals surface area contributed by atoms with Crippen LogP contribution in [0, 0.1) is 0 Å². The molecule has 0 aliphatic rings. The number of nitrogens with two attached hydrogens (primary N) is 1. The molecule has 0 radical (unpaired) electrons. The van der Waals surface area contributed by atoms with E-state index in [9.17, 15) is 9.59 Å². The first-order valence-corrected chi connectivity index (χ1v) is 6.84. The minimum absolute atomic E-state index is 0.256. The summed E-state index contributed by atoms with van der Waals surface area (Å²) in [6.07, 6.45) is -0.991. The first-order chi connectivity index (χ1) is 10.6. The number of para-hydroxylation sites is 1. The van der Waals surface area contributed by atoms with Gasteiger partial charge in [-0.05, 0) is 24.6 Å². The van der Waals surface area contributed by atoms with Crippen molar-refractivity contribution < 1.29 is 19.1 Å². The Labute approximate surface area is 128 Å². The Kier molecular flexibility index (Phi) is 5.14. The van der Waals surface area contributed by atoms with E-state index in [1.165, 1.54) is 6.92 Å². The second-order valence-corrected chi connectivity index (χ2v) is 4.72. The Hall–Kier alpha value is -2.82. The van der Waals surface area contributed by atoms with Gasteiger partial charge in [-0.15, -0.1) is 0 Å². The SMILES string of the molecule is CC(OC(=O)c1ccccc1OCc1ccccc1)C(N)=O. The Morgan fingerprint density at radius 1 is 1.05 bits per heavy atom. The maximum atomic E-state index is 12.1. The van der Waals surface area contributed by atoms with Crippen molar-refractivity contribution in [1.29, 1.82) is 0 Å². The zero-order valence-electron chi connectivity index (χ0n) is 12.2. The summed E-state index contributed by atoms with van der Waals surface area (Å²) in [6, 6.07) is 16.3. The van der Waals surface area contributed by atoms with Crippen LogP contribution in [-0.4, -0.2) is 18.0 Å². The predicted molar refractivity (Wildman–Crippen MR) is 81.3 cm³/mol. The minimum atomic E-state index is -0.991. The van der Waals surface area contributed by atoms with Gasteiger partial charge in [-0.1, -0.05) is 42.5 Å². The van der Waals surface area contributed by atoms with Crippen molar-refractivity contribution in [3.05, 3.63) is 65.7 Å². The fourth-order valence-corrected chi connectivity index (χ4v) is 1.78. The van der Waals surface area contributed by atoms with Crippen molar-refractivity contribution in [3.63, 3.8) is 0 Å². The van der Waals surface area contributed by atoms with E-state index in [1.807, 2.05) is 30.3 Å². The molecule has 0 bridgehead atoms. The smallest absolute Gasteiger partial charge is 0.342 e. The molecule has 2 aromatic carbocycles. The summed E-state index contributed by atoms with van der Waals surface area (Å²) < 4.78 is 10.7. The number of amides is 1. The largest absolute Gasteiger partial charge is 0.488 e. The number of carbonyl (C=O) groups is 2. The minimum Gasteiger partial charge on any atom is -0.488 e. The van der Waals surface area contributed by atoms with Gasteiger partial charge in [0, 0.05) is 0 Å². The topological polar surface area (TPSA) is 78.6 Å². The molecule has 0 saturated carbocycles. The highest BCUT2D eigenvalue weighted by molar-refractivity contribution is 5.94. The van der Waals surface area contributed by atoms with Gasteiger partial charge in [-0.25, -0.2) is 4.79 Å². The zero-order chi connectivity index (χ0) is 15.9. The predicted octanol–water partition coefficient (Wildman–Crippen LogP) is 2.30. The van der Waals surface area contributed by atoms with Gasteiger partial charge in [-0.3, -0.25) is 4.79 Å². The summed E-state index contributed by atoms with van der Waals surface area (Å²) >= 11 is 0. The Bertz CT molecular complexity index is 655. The molecule has 5 nitrogen and oxygen atoms in total. The molecule has 2 rings (SSSR count). The first kappa shape index (κ1) is 15.6. The molecule has 0 aromatic heterocycles. The summed E-state index contributed by atoms with van der Waals surface area (Å²) in [7, 11) is 0. The second kappa shape index (κ2) is 7.26. The second-order valence-electron chi connectivity index (χ2n) is 4.72. The van der Waals surface area contributed by atoms with E-state index in [2.05, 4.69) is 0 Å². The molecule has 2 N–H and O–H groups in total. The molecule has 0 heterocycles. The average molecular weight is 299 g/mol. The lowest BCUT2D eigenvalue weighted by Gasteiger charge is -2.13. The zero-order valence-corrected chi connectivity index (χ0v) is 12.2. The van der Waals surface area contributed by atoms with Crippen LogP contribution in [0.2, 0.25) is 0 Å². The Morgan fingerprint density at radius 3 is 2.36 bits per heavy atom. The summed E-state index contributed by atoms with van der Waals surface area (Å²) in [4.78, 5) is 23.1. The molecule has 0 aliphatic heterocycles. The van der Waals surface area contributed by atoms with Crippen LogP contribution < -0.4 is 10.5 Å². The van der Waals surface area contributed by atoms with Crippen molar-refractivity contribution in [3.8, 4) is 5.75 Å². The van der Waals surface area contributed by atoms with Crippen molar-refractivity contribution in [2.45, 2.75) is 19.6 Å². The monoisotopic (exact) mass is 299 g/mol. The number of hydrogen-bond acceptors (Lipinski definition) is 4. The third-order valence-electron chi connectivity index (χ3n) is 3.03. The summed E-state index contributed by atoms with van der Waals surface area (Å²) in [6.45, 7) is 1.75. The van der Waals surface area contributed by atoms with Crippen LogP contribution in [0.5, 0.6) is 5.75 Å². The summed E-state index contributed by atoms with van der Waals surface area (Å²) in [5.74, 6) is -0.945. The van der Waals surface area contributed by atoms with Crippen LogP contribution in [0.1, 0.15) is 22.8 Å². The van der Waals surface area contributed by atoms with Crippen LogP contribution in [0.25, 0.3) is 0 Å². The van der Waals surface area contributed by atoms with Crippen LogP contribution in [0.4, 0.5) is 0 Å². The van der Waals surface area contributed by atoms with E-state index in [0.29, 0.717) is 12.4 Å². The maximum absolute atomic E-state index is 12.1. The number of rotatable bonds is 6. The van der Waals surface area contributed by atoms with Gasteiger partial charge in [0.2, 0.25) is 0 Å². The molecule has 22 heavy (non-hydrogen) atoms. The third-order valence-corrected chi connectivity index (χ3v) is 3.03. The Balaban J connectivity index is 2.09. The Morgan fingerprint density at radius 2 is 1.68 bits per heavy atom. The van der Waals surface area contributed by atoms with Gasteiger partial charge in [0.05, 0.1) is 0 Å². The molecular weight excluding hydrogens is 282 g/mol. The molecule has 0 saturated heterocycles. The van der Waals surface area contributed by atoms with E-state index < -0.39 is 18.0 Å². The van der Waals surface area contributed by atoms with E-state index in [-0.39, 0.29) is 5.56 Å². The summed E-state index contributed by atoms with van der Waals surface area (Å²) in [5.41, 5.74) is 6.33. The molecule has 0 spiro atoms. The third kappa shape index (κ3) is 4.09. The lowest BCUT2D eigenvalue weighted by molar-refractivity contribution is -0.125. The van der Waals surface area contributed by atoms with Crippen molar-refractivity contribution in [1.82, 2.24) is 0 Å². The van der Waals surface area contributed by atoms with Gasteiger partial charge in [0.25, 0.3) is 5.91 Å². The highest BCUT2D eigenvalue weighted by atomic mass is 16.5. The number of hydrogen-bond donors (Lipinski definition) is 1. The van der Waals surface area contributed by atoms with Gasteiger partial charge in [0.1, 0.15) is 17.9 Å². The van der Waals surface area contributed by atoms with Gasteiger partial charge in [0.15, 0.2) is 6.10 Å². The molecule has 0 fully saturated rings. The normalized spacial score (nSPS) is 11.5. The first-order valence-electron chi connectivity index (χ1n) is 6.84. The molecule has 2 aromatic rings. The molecule has 1 amide bonds. The molecule has 114 valence electrons. The average Bonchev–Trinajstić information content (AvgIpc) is 2.54. The number of primary amides is 1. The lowest BCUT2D eigenvalue weighted by Crippen LogP contribution is -2.30. The van der Waals surface area contributed by atoms with Crippen molar-refractivity contribution >= 4 is 11.9 Å². The number of benzene rings is 2. The quantitative estimate of drug-likeness (QED) is 0.830. The molecule has 1 atom stereocenters. The van der Waals surface area contributed by atoms with E-state index in [1.54, 1.807) is 24.3 Å². The molecular formula is C17H17NO4.